The van der Waals surface area contributed by atoms with Crippen molar-refractivity contribution < 1.29 is 9.53 Å². The molecule has 2 atom stereocenters. The van der Waals surface area contributed by atoms with Gasteiger partial charge in [-0.15, -0.1) is 0 Å². The Morgan fingerprint density at radius 3 is 2.95 bits per heavy atom. The third-order valence-electron chi connectivity index (χ3n) is 4.15. The monoisotopic (exact) mass is 310 g/mol. The van der Waals surface area contributed by atoms with Gasteiger partial charge in [0.15, 0.2) is 0 Å². The summed E-state index contributed by atoms with van der Waals surface area (Å²) in [5.41, 5.74) is 6.65. The number of hydrogen-bond acceptors (Lipinski definition) is 3. The molecule has 116 valence electrons. The SMILES string of the molecule is COc1ccc(Cl)cc1CC(=O)N1CCC(C)CC1CN. The Morgan fingerprint density at radius 2 is 2.29 bits per heavy atom. The Balaban J connectivity index is 2.12. The predicted molar refractivity (Wildman–Crippen MR) is 84.7 cm³/mol. The number of ether oxygens (including phenoxy) is 1. The van der Waals surface area contributed by atoms with Gasteiger partial charge in [0.25, 0.3) is 0 Å². The Bertz CT molecular complexity index is 507. The van der Waals surface area contributed by atoms with Gasteiger partial charge in [-0.1, -0.05) is 18.5 Å². The van der Waals surface area contributed by atoms with Crippen LogP contribution in [0.2, 0.25) is 5.02 Å². The number of hydrogen-bond donors (Lipinski definition) is 1. The lowest BCUT2D eigenvalue weighted by molar-refractivity contribution is -0.134. The van der Waals surface area contributed by atoms with Gasteiger partial charge in [-0.05, 0) is 37.0 Å². The third-order valence-corrected chi connectivity index (χ3v) is 4.39. The van der Waals surface area contributed by atoms with E-state index >= 15 is 0 Å². The highest BCUT2D eigenvalue weighted by Gasteiger charge is 2.29. The lowest BCUT2D eigenvalue weighted by Crippen LogP contribution is -2.49. The summed E-state index contributed by atoms with van der Waals surface area (Å²) < 4.78 is 5.30. The van der Waals surface area contributed by atoms with Crippen LogP contribution in [0.25, 0.3) is 0 Å². The van der Waals surface area contributed by atoms with Crippen LogP contribution in [0, 0.1) is 5.92 Å². The molecule has 1 aromatic carbocycles. The van der Waals surface area contributed by atoms with Crippen molar-refractivity contribution in [3.8, 4) is 5.75 Å². The number of benzene rings is 1. The molecule has 1 aliphatic heterocycles. The second-order valence-corrected chi connectivity index (χ2v) is 6.18. The smallest absolute Gasteiger partial charge is 0.227 e. The molecule has 1 heterocycles. The normalized spacial score (nSPS) is 22.2. The molecule has 5 heteroatoms. The molecule has 0 spiro atoms. The predicted octanol–water partition coefficient (Wildman–Crippen LogP) is 2.48. The van der Waals surface area contributed by atoms with Crippen LogP contribution in [0.1, 0.15) is 25.3 Å². The number of methoxy groups -OCH3 is 1. The van der Waals surface area contributed by atoms with Crippen LogP contribution in [0.3, 0.4) is 0 Å². The maximum atomic E-state index is 12.6. The Kier molecular flexibility index (Phi) is 5.48. The molecule has 0 saturated carbocycles. The maximum absolute atomic E-state index is 12.6. The molecule has 0 radical (unpaired) electrons. The number of piperidine rings is 1. The van der Waals surface area contributed by atoms with Gasteiger partial charge in [0, 0.05) is 29.7 Å². The first-order chi connectivity index (χ1) is 10.0. The average Bonchev–Trinajstić information content (AvgIpc) is 2.47. The summed E-state index contributed by atoms with van der Waals surface area (Å²) in [6.45, 7) is 3.51. The molecule has 1 saturated heterocycles. The van der Waals surface area contributed by atoms with E-state index in [9.17, 15) is 4.79 Å². The van der Waals surface area contributed by atoms with Crippen molar-refractivity contribution in [1.29, 1.82) is 0 Å². The van der Waals surface area contributed by atoms with Gasteiger partial charge in [0.1, 0.15) is 5.75 Å². The molecule has 2 rings (SSSR count). The molecule has 1 amide bonds. The van der Waals surface area contributed by atoms with Crippen LogP contribution in [0.4, 0.5) is 0 Å². The first-order valence-corrected chi connectivity index (χ1v) is 7.75. The highest BCUT2D eigenvalue weighted by molar-refractivity contribution is 6.30. The molecular weight excluding hydrogens is 288 g/mol. The average molecular weight is 311 g/mol. The summed E-state index contributed by atoms with van der Waals surface area (Å²) in [7, 11) is 1.60. The molecule has 0 aliphatic carbocycles. The summed E-state index contributed by atoms with van der Waals surface area (Å²) in [4.78, 5) is 14.5. The number of nitrogens with two attached hydrogens (primary N) is 1. The standard InChI is InChI=1S/C16H23ClN2O2/c1-11-5-6-19(14(7-11)10-18)16(20)9-12-8-13(17)3-4-15(12)21-2/h3-4,8,11,14H,5-7,9-10,18H2,1-2H3. The lowest BCUT2D eigenvalue weighted by atomic mass is 9.92. The fraction of sp³-hybridized carbons (Fsp3) is 0.562. The highest BCUT2D eigenvalue weighted by atomic mass is 35.5. The van der Waals surface area contributed by atoms with Crippen LogP contribution in [0.5, 0.6) is 5.75 Å². The van der Waals surface area contributed by atoms with E-state index in [4.69, 9.17) is 22.1 Å². The zero-order valence-corrected chi connectivity index (χ0v) is 13.4. The van der Waals surface area contributed by atoms with E-state index in [-0.39, 0.29) is 11.9 Å². The van der Waals surface area contributed by atoms with E-state index < -0.39 is 0 Å². The van der Waals surface area contributed by atoms with E-state index in [1.165, 1.54) is 0 Å². The molecule has 0 bridgehead atoms. The fourth-order valence-corrected chi connectivity index (χ4v) is 3.15. The fourth-order valence-electron chi connectivity index (χ4n) is 2.95. The largest absolute Gasteiger partial charge is 0.496 e. The zero-order chi connectivity index (χ0) is 15.4. The van der Waals surface area contributed by atoms with E-state index in [1.807, 2.05) is 4.90 Å². The van der Waals surface area contributed by atoms with Crippen molar-refractivity contribution in [3.05, 3.63) is 28.8 Å². The molecule has 21 heavy (non-hydrogen) atoms. The number of likely N-dealkylation sites (tertiary alicyclic amines) is 1. The number of amides is 1. The Labute approximate surface area is 131 Å². The zero-order valence-electron chi connectivity index (χ0n) is 12.6. The van der Waals surface area contributed by atoms with Crippen molar-refractivity contribution in [3.63, 3.8) is 0 Å². The summed E-state index contributed by atoms with van der Waals surface area (Å²) in [6.07, 6.45) is 2.32. The molecule has 4 nitrogen and oxygen atoms in total. The second kappa shape index (κ2) is 7.14. The van der Waals surface area contributed by atoms with Crippen LogP contribution in [0.15, 0.2) is 18.2 Å². The van der Waals surface area contributed by atoms with Gasteiger partial charge < -0.3 is 15.4 Å². The van der Waals surface area contributed by atoms with Crippen LogP contribution in [-0.2, 0) is 11.2 Å². The summed E-state index contributed by atoms with van der Waals surface area (Å²) >= 11 is 6.02. The van der Waals surface area contributed by atoms with Gasteiger partial charge in [-0.25, -0.2) is 0 Å². The van der Waals surface area contributed by atoms with Crippen molar-refractivity contribution in [2.24, 2.45) is 11.7 Å². The minimum absolute atomic E-state index is 0.0953. The third kappa shape index (κ3) is 3.89. The van der Waals surface area contributed by atoms with Crippen LogP contribution < -0.4 is 10.5 Å². The lowest BCUT2D eigenvalue weighted by Gasteiger charge is -2.38. The number of halogens is 1. The Hall–Kier alpha value is -1.26. The number of rotatable bonds is 4. The molecule has 1 aromatic rings. The first kappa shape index (κ1) is 16.1. The minimum atomic E-state index is 0.0953. The molecule has 2 N–H and O–H groups in total. The minimum Gasteiger partial charge on any atom is -0.496 e. The number of nitrogens with zero attached hydrogens (tertiary/aromatic N) is 1. The van der Waals surface area contributed by atoms with E-state index in [0.717, 1.165) is 24.9 Å². The highest BCUT2D eigenvalue weighted by Crippen LogP contribution is 2.26. The Morgan fingerprint density at radius 1 is 1.52 bits per heavy atom. The molecule has 1 fully saturated rings. The van der Waals surface area contributed by atoms with Crippen LogP contribution >= 0.6 is 11.6 Å². The van der Waals surface area contributed by atoms with E-state index in [2.05, 4.69) is 6.92 Å². The van der Waals surface area contributed by atoms with Crippen LogP contribution in [-0.4, -0.2) is 37.0 Å². The van der Waals surface area contributed by atoms with Gasteiger partial charge in [0.05, 0.1) is 13.5 Å². The van der Waals surface area contributed by atoms with E-state index in [0.29, 0.717) is 29.7 Å². The molecular formula is C16H23ClN2O2. The first-order valence-electron chi connectivity index (χ1n) is 7.37. The molecule has 0 aromatic heterocycles. The topological polar surface area (TPSA) is 55.6 Å². The number of carbonyl (C=O) groups excluding carboxylic acids is 1. The van der Waals surface area contributed by atoms with Crippen molar-refractivity contribution in [1.82, 2.24) is 4.90 Å². The van der Waals surface area contributed by atoms with E-state index in [1.54, 1.807) is 25.3 Å². The second-order valence-electron chi connectivity index (χ2n) is 5.74. The van der Waals surface area contributed by atoms with Gasteiger partial charge in [-0.3, -0.25) is 4.79 Å². The summed E-state index contributed by atoms with van der Waals surface area (Å²) in [5, 5.41) is 0.612. The quantitative estimate of drug-likeness (QED) is 0.929. The van der Waals surface area contributed by atoms with Gasteiger partial charge >= 0.3 is 0 Å². The number of carbonyl (C=O) groups is 1. The van der Waals surface area contributed by atoms with Gasteiger partial charge in [0.2, 0.25) is 5.91 Å². The van der Waals surface area contributed by atoms with Crippen molar-refractivity contribution >= 4 is 17.5 Å². The summed E-state index contributed by atoms with van der Waals surface area (Å²) in [6, 6.07) is 5.50. The van der Waals surface area contributed by atoms with Crippen molar-refractivity contribution in [2.45, 2.75) is 32.2 Å². The maximum Gasteiger partial charge on any atom is 0.227 e. The summed E-state index contributed by atoms with van der Waals surface area (Å²) in [5.74, 6) is 1.42. The molecule has 1 aliphatic rings. The van der Waals surface area contributed by atoms with Crippen molar-refractivity contribution in [2.75, 3.05) is 20.2 Å². The van der Waals surface area contributed by atoms with Gasteiger partial charge in [-0.2, -0.15) is 0 Å². The molecule has 2 unspecified atom stereocenters.